The Bertz CT molecular complexity index is 616. The molecule has 1 aromatic carbocycles. The van der Waals surface area contributed by atoms with Gasteiger partial charge in [-0.15, -0.1) is 0 Å². The van der Waals surface area contributed by atoms with E-state index < -0.39 is 0 Å². The van der Waals surface area contributed by atoms with Crippen LogP contribution in [-0.4, -0.2) is 29.0 Å². The van der Waals surface area contributed by atoms with E-state index >= 15 is 0 Å². The number of fused-ring (bicyclic) bond motifs is 1. The van der Waals surface area contributed by atoms with E-state index in [1.165, 1.54) is 0 Å². The van der Waals surface area contributed by atoms with Crippen molar-refractivity contribution in [2.45, 2.75) is 26.8 Å². The standard InChI is InChI=1S/C15H19BrN2O/c1-5-17(4)15(19)13-9-18(10(2)3)14-8-11(16)6-7-12(13)14/h6-10H,5H2,1-4H3. The third-order valence-corrected chi connectivity index (χ3v) is 3.90. The minimum atomic E-state index is 0.0780. The van der Waals surface area contributed by atoms with Crippen LogP contribution < -0.4 is 0 Å². The predicted octanol–water partition coefficient (Wildman–Crippen LogP) is 4.08. The zero-order valence-corrected chi connectivity index (χ0v) is 13.4. The van der Waals surface area contributed by atoms with Crippen molar-refractivity contribution in [3.05, 3.63) is 34.4 Å². The van der Waals surface area contributed by atoms with Crippen LogP contribution in [0.5, 0.6) is 0 Å². The van der Waals surface area contributed by atoms with Crippen LogP contribution in [0.4, 0.5) is 0 Å². The van der Waals surface area contributed by atoms with Gasteiger partial charge in [-0.2, -0.15) is 0 Å². The Hall–Kier alpha value is -1.29. The van der Waals surface area contributed by atoms with Crippen molar-refractivity contribution < 1.29 is 4.79 Å². The van der Waals surface area contributed by atoms with Crippen LogP contribution in [-0.2, 0) is 0 Å². The summed E-state index contributed by atoms with van der Waals surface area (Å²) in [5.74, 6) is 0.0780. The topological polar surface area (TPSA) is 25.2 Å². The Morgan fingerprint density at radius 2 is 2.11 bits per heavy atom. The van der Waals surface area contributed by atoms with Gasteiger partial charge in [0, 0.05) is 35.7 Å². The Morgan fingerprint density at radius 3 is 2.68 bits per heavy atom. The number of rotatable bonds is 3. The van der Waals surface area contributed by atoms with E-state index in [9.17, 15) is 4.79 Å². The maximum atomic E-state index is 12.4. The Labute approximate surface area is 122 Å². The summed E-state index contributed by atoms with van der Waals surface area (Å²) in [7, 11) is 1.83. The lowest BCUT2D eigenvalue weighted by Gasteiger charge is -2.13. The molecule has 0 spiro atoms. The fraction of sp³-hybridized carbons (Fsp3) is 0.400. The van der Waals surface area contributed by atoms with Crippen molar-refractivity contribution in [3.63, 3.8) is 0 Å². The van der Waals surface area contributed by atoms with Crippen LogP contribution in [0.3, 0.4) is 0 Å². The smallest absolute Gasteiger partial charge is 0.255 e. The maximum Gasteiger partial charge on any atom is 0.255 e. The maximum absolute atomic E-state index is 12.4. The quantitative estimate of drug-likeness (QED) is 0.836. The minimum Gasteiger partial charge on any atom is -0.344 e. The van der Waals surface area contributed by atoms with Crippen LogP contribution in [0.1, 0.15) is 37.2 Å². The molecule has 0 N–H and O–H groups in total. The molecule has 0 unspecified atom stereocenters. The summed E-state index contributed by atoms with van der Waals surface area (Å²) in [5, 5.41) is 1.02. The van der Waals surface area contributed by atoms with E-state index in [-0.39, 0.29) is 5.91 Å². The summed E-state index contributed by atoms with van der Waals surface area (Å²) in [5.41, 5.74) is 1.87. The van der Waals surface area contributed by atoms with E-state index in [1.54, 1.807) is 4.90 Å². The van der Waals surface area contributed by atoms with Crippen molar-refractivity contribution in [1.29, 1.82) is 0 Å². The molecule has 0 atom stereocenters. The van der Waals surface area contributed by atoms with E-state index in [2.05, 4.69) is 40.4 Å². The lowest BCUT2D eigenvalue weighted by Crippen LogP contribution is -2.26. The molecule has 1 aromatic heterocycles. The van der Waals surface area contributed by atoms with Gasteiger partial charge in [0.2, 0.25) is 0 Å². The normalized spacial score (nSPS) is 11.3. The third kappa shape index (κ3) is 2.54. The average molecular weight is 323 g/mol. The van der Waals surface area contributed by atoms with Gasteiger partial charge in [0.1, 0.15) is 0 Å². The summed E-state index contributed by atoms with van der Waals surface area (Å²) in [4.78, 5) is 14.1. The van der Waals surface area contributed by atoms with Gasteiger partial charge < -0.3 is 9.47 Å². The zero-order chi connectivity index (χ0) is 14.2. The average Bonchev–Trinajstić information content (AvgIpc) is 2.75. The monoisotopic (exact) mass is 322 g/mol. The molecule has 0 aliphatic heterocycles. The second kappa shape index (κ2) is 5.37. The van der Waals surface area contributed by atoms with E-state index in [1.807, 2.05) is 32.3 Å². The van der Waals surface area contributed by atoms with Gasteiger partial charge in [-0.25, -0.2) is 0 Å². The van der Waals surface area contributed by atoms with Crippen molar-refractivity contribution in [1.82, 2.24) is 9.47 Å². The first kappa shape index (κ1) is 14.1. The first-order valence-electron chi connectivity index (χ1n) is 6.51. The molecular formula is C15H19BrN2O. The molecule has 0 saturated heterocycles. The summed E-state index contributed by atoms with van der Waals surface area (Å²) < 4.78 is 3.18. The number of hydrogen-bond donors (Lipinski definition) is 0. The summed E-state index contributed by atoms with van der Waals surface area (Å²) in [6.45, 7) is 6.94. The number of halogens is 1. The van der Waals surface area contributed by atoms with E-state index in [4.69, 9.17) is 0 Å². The first-order valence-corrected chi connectivity index (χ1v) is 7.30. The lowest BCUT2D eigenvalue weighted by atomic mass is 10.1. The van der Waals surface area contributed by atoms with Gasteiger partial charge in [0.05, 0.1) is 11.1 Å². The molecule has 1 heterocycles. The van der Waals surface area contributed by atoms with Gasteiger partial charge >= 0.3 is 0 Å². The van der Waals surface area contributed by atoms with Crippen LogP contribution in [0.25, 0.3) is 10.9 Å². The van der Waals surface area contributed by atoms with Crippen LogP contribution in [0.15, 0.2) is 28.9 Å². The molecule has 0 aliphatic rings. The number of hydrogen-bond acceptors (Lipinski definition) is 1. The number of nitrogens with zero attached hydrogens (tertiary/aromatic N) is 2. The van der Waals surface area contributed by atoms with Gasteiger partial charge in [0.25, 0.3) is 5.91 Å². The number of benzene rings is 1. The molecule has 4 heteroatoms. The molecule has 0 aliphatic carbocycles. The Balaban J connectivity index is 2.66. The summed E-state index contributed by atoms with van der Waals surface area (Å²) >= 11 is 3.50. The summed E-state index contributed by atoms with van der Waals surface area (Å²) in [6.07, 6.45) is 1.97. The van der Waals surface area contributed by atoms with E-state index in [0.29, 0.717) is 12.6 Å². The molecule has 0 bridgehead atoms. The number of amides is 1. The molecule has 0 fully saturated rings. The molecular weight excluding hydrogens is 304 g/mol. The van der Waals surface area contributed by atoms with Crippen LogP contribution in [0.2, 0.25) is 0 Å². The summed E-state index contributed by atoms with van der Waals surface area (Å²) in [6, 6.07) is 6.38. The SMILES string of the molecule is CCN(C)C(=O)c1cn(C(C)C)c2cc(Br)ccc12. The van der Waals surface area contributed by atoms with Gasteiger partial charge in [-0.1, -0.05) is 22.0 Å². The van der Waals surface area contributed by atoms with Gasteiger partial charge in [0.15, 0.2) is 0 Å². The largest absolute Gasteiger partial charge is 0.344 e. The third-order valence-electron chi connectivity index (χ3n) is 3.40. The molecule has 2 aromatic rings. The molecule has 19 heavy (non-hydrogen) atoms. The van der Waals surface area contributed by atoms with Crippen molar-refractivity contribution in [3.8, 4) is 0 Å². The van der Waals surface area contributed by atoms with Crippen LogP contribution >= 0.6 is 15.9 Å². The van der Waals surface area contributed by atoms with Crippen molar-refractivity contribution >= 4 is 32.7 Å². The number of carbonyl (C=O) groups is 1. The van der Waals surface area contributed by atoms with Gasteiger partial charge in [-0.3, -0.25) is 4.79 Å². The second-order valence-electron chi connectivity index (χ2n) is 5.02. The second-order valence-corrected chi connectivity index (χ2v) is 5.94. The molecule has 1 amide bonds. The first-order chi connectivity index (χ1) is 8.95. The highest BCUT2D eigenvalue weighted by Gasteiger charge is 2.18. The van der Waals surface area contributed by atoms with Gasteiger partial charge in [-0.05, 0) is 32.9 Å². The highest BCUT2D eigenvalue weighted by atomic mass is 79.9. The van der Waals surface area contributed by atoms with Crippen LogP contribution in [0, 0.1) is 0 Å². The van der Waals surface area contributed by atoms with E-state index in [0.717, 1.165) is 20.9 Å². The highest BCUT2D eigenvalue weighted by Crippen LogP contribution is 2.28. The lowest BCUT2D eigenvalue weighted by molar-refractivity contribution is 0.0804. The molecule has 2 rings (SSSR count). The van der Waals surface area contributed by atoms with Crippen molar-refractivity contribution in [2.75, 3.05) is 13.6 Å². The Kier molecular flexibility index (Phi) is 3.99. The zero-order valence-electron chi connectivity index (χ0n) is 11.8. The molecule has 0 radical (unpaired) electrons. The highest BCUT2D eigenvalue weighted by molar-refractivity contribution is 9.10. The predicted molar refractivity (Wildman–Crippen MR) is 82.7 cm³/mol. The van der Waals surface area contributed by atoms with Crippen molar-refractivity contribution in [2.24, 2.45) is 0 Å². The fourth-order valence-electron chi connectivity index (χ4n) is 2.17. The molecule has 102 valence electrons. The minimum absolute atomic E-state index is 0.0780. The fourth-order valence-corrected chi connectivity index (χ4v) is 2.52. The number of carbonyl (C=O) groups excluding carboxylic acids is 1. The molecule has 3 nitrogen and oxygen atoms in total. The Morgan fingerprint density at radius 1 is 1.42 bits per heavy atom. The molecule has 0 saturated carbocycles. The number of aromatic nitrogens is 1.